The second kappa shape index (κ2) is 8.01. The summed E-state index contributed by atoms with van der Waals surface area (Å²) in [5, 5.41) is 15.8. The Bertz CT molecular complexity index is 1310. The molecule has 1 saturated heterocycles. The first kappa shape index (κ1) is 20.1. The number of aromatic nitrogens is 5. The van der Waals surface area contributed by atoms with Crippen molar-refractivity contribution in [3.63, 3.8) is 0 Å². The highest BCUT2D eigenvalue weighted by molar-refractivity contribution is 5.93. The molecule has 1 aromatic carbocycles. The first-order valence-corrected chi connectivity index (χ1v) is 10.4. The van der Waals surface area contributed by atoms with Crippen molar-refractivity contribution >= 4 is 16.9 Å². The molecule has 9 nitrogen and oxygen atoms in total. The summed E-state index contributed by atoms with van der Waals surface area (Å²) in [6.07, 6.45) is 6.86. The standard InChI is InChI=1S/C23H22N6O3/c30-21(17-5-4-10-24-13-17)27-11-8-23(32,9-12-27)15-28-16-25-20-19(22(28)31)14-26-29(20)18-6-2-1-3-7-18/h1-7,10,13-14,16,32H,8-9,11-12,15H2. The van der Waals surface area contributed by atoms with E-state index in [4.69, 9.17) is 0 Å². The maximum atomic E-state index is 13.0. The van der Waals surface area contributed by atoms with E-state index in [1.807, 2.05) is 30.3 Å². The highest BCUT2D eigenvalue weighted by Crippen LogP contribution is 2.25. The van der Waals surface area contributed by atoms with E-state index in [1.165, 1.54) is 17.1 Å². The van der Waals surface area contributed by atoms with Gasteiger partial charge in [0.15, 0.2) is 5.65 Å². The quantitative estimate of drug-likeness (QED) is 0.528. The van der Waals surface area contributed by atoms with Gasteiger partial charge in [0.25, 0.3) is 11.5 Å². The van der Waals surface area contributed by atoms with Gasteiger partial charge in [-0.1, -0.05) is 18.2 Å². The lowest BCUT2D eigenvalue weighted by Gasteiger charge is -2.38. The summed E-state index contributed by atoms with van der Waals surface area (Å²) < 4.78 is 3.05. The Kier molecular flexibility index (Phi) is 5.02. The van der Waals surface area contributed by atoms with Crippen LogP contribution in [-0.2, 0) is 6.54 Å². The van der Waals surface area contributed by atoms with Crippen LogP contribution in [-0.4, -0.2) is 58.9 Å². The molecule has 9 heteroatoms. The van der Waals surface area contributed by atoms with Gasteiger partial charge in [-0.3, -0.25) is 19.1 Å². The van der Waals surface area contributed by atoms with Crippen LogP contribution in [0.5, 0.6) is 0 Å². The lowest BCUT2D eigenvalue weighted by molar-refractivity contribution is -0.0299. The first-order chi connectivity index (χ1) is 15.5. The molecule has 1 fully saturated rings. The van der Waals surface area contributed by atoms with Crippen molar-refractivity contribution in [2.45, 2.75) is 25.0 Å². The van der Waals surface area contributed by atoms with Crippen LogP contribution in [0, 0.1) is 0 Å². The number of benzene rings is 1. The molecule has 0 bridgehead atoms. The molecule has 0 saturated carbocycles. The van der Waals surface area contributed by atoms with E-state index in [1.54, 1.807) is 34.1 Å². The summed E-state index contributed by atoms with van der Waals surface area (Å²) in [5.41, 5.74) is 0.469. The van der Waals surface area contributed by atoms with Crippen LogP contribution < -0.4 is 5.56 Å². The van der Waals surface area contributed by atoms with Gasteiger partial charge >= 0.3 is 0 Å². The predicted molar refractivity (Wildman–Crippen MR) is 117 cm³/mol. The van der Waals surface area contributed by atoms with Gasteiger partial charge in [0.05, 0.1) is 29.6 Å². The number of amides is 1. The number of hydrogen-bond acceptors (Lipinski definition) is 6. The van der Waals surface area contributed by atoms with E-state index in [2.05, 4.69) is 15.1 Å². The number of hydrogen-bond donors (Lipinski definition) is 1. The average molecular weight is 430 g/mol. The number of carbonyl (C=O) groups is 1. The summed E-state index contributed by atoms with van der Waals surface area (Å²) in [6.45, 7) is 0.918. The van der Waals surface area contributed by atoms with Crippen molar-refractivity contribution in [1.82, 2.24) is 29.2 Å². The second-order valence-corrected chi connectivity index (χ2v) is 8.07. The fourth-order valence-electron chi connectivity index (χ4n) is 4.09. The van der Waals surface area contributed by atoms with Crippen molar-refractivity contribution in [3.8, 4) is 5.69 Å². The van der Waals surface area contributed by atoms with Gasteiger partial charge in [-0.2, -0.15) is 5.10 Å². The predicted octanol–water partition coefficient (Wildman–Crippen LogP) is 1.64. The summed E-state index contributed by atoms with van der Waals surface area (Å²) in [4.78, 5) is 35.8. The number of piperidine rings is 1. The Hall–Kier alpha value is -3.85. The van der Waals surface area contributed by atoms with Gasteiger partial charge in [-0.05, 0) is 37.1 Å². The SMILES string of the molecule is O=C(c1cccnc1)N1CCC(O)(Cn2cnc3c(cnn3-c3ccccc3)c2=O)CC1. The third-order valence-corrected chi connectivity index (χ3v) is 5.91. The molecule has 3 aromatic heterocycles. The van der Waals surface area contributed by atoms with Crippen LogP contribution in [0.1, 0.15) is 23.2 Å². The van der Waals surface area contributed by atoms with Crippen LogP contribution >= 0.6 is 0 Å². The third kappa shape index (κ3) is 3.67. The summed E-state index contributed by atoms with van der Waals surface area (Å²) in [6, 6.07) is 12.9. The van der Waals surface area contributed by atoms with Crippen molar-refractivity contribution in [3.05, 3.63) is 83.3 Å². The summed E-state index contributed by atoms with van der Waals surface area (Å²) >= 11 is 0. The van der Waals surface area contributed by atoms with Gasteiger partial charge in [0.2, 0.25) is 0 Å². The van der Waals surface area contributed by atoms with Crippen molar-refractivity contribution in [2.75, 3.05) is 13.1 Å². The number of carbonyl (C=O) groups excluding carboxylic acids is 1. The maximum absolute atomic E-state index is 13.0. The first-order valence-electron chi connectivity index (χ1n) is 10.4. The van der Waals surface area contributed by atoms with Crippen molar-refractivity contribution in [2.24, 2.45) is 0 Å². The Morgan fingerprint density at radius 3 is 2.56 bits per heavy atom. The molecule has 0 spiro atoms. The van der Waals surface area contributed by atoms with Crippen LogP contribution in [0.3, 0.4) is 0 Å². The molecule has 4 aromatic rings. The van der Waals surface area contributed by atoms with E-state index >= 15 is 0 Å². The smallest absolute Gasteiger partial charge is 0.264 e. The molecular formula is C23H22N6O3. The van der Waals surface area contributed by atoms with Crippen LogP contribution in [0.15, 0.2) is 72.2 Å². The maximum Gasteiger partial charge on any atom is 0.264 e. The summed E-state index contributed by atoms with van der Waals surface area (Å²) in [7, 11) is 0. The van der Waals surface area contributed by atoms with E-state index in [-0.39, 0.29) is 18.0 Å². The Morgan fingerprint density at radius 2 is 1.84 bits per heavy atom. The minimum absolute atomic E-state index is 0.103. The van der Waals surface area contributed by atoms with Crippen LogP contribution in [0.25, 0.3) is 16.7 Å². The summed E-state index contributed by atoms with van der Waals surface area (Å²) in [5.74, 6) is -0.103. The zero-order chi connectivity index (χ0) is 22.1. The van der Waals surface area contributed by atoms with Gasteiger partial charge in [-0.25, -0.2) is 9.67 Å². The molecule has 0 radical (unpaired) electrons. The Balaban J connectivity index is 1.33. The van der Waals surface area contributed by atoms with Crippen LogP contribution in [0.2, 0.25) is 0 Å². The highest BCUT2D eigenvalue weighted by Gasteiger charge is 2.35. The number of para-hydroxylation sites is 1. The van der Waals surface area contributed by atoms with E-state index in [0.29, 0.717) is 42.5 Å². The number of likely N-dealkylation sites (tertiary alicyclic amines) is 1. The van der Waals surface area contributed by atoms with E-state index in [0.717, 1.165) is 5.69 Å². The Morgan fingerprint density at radius 1 is 1.06 bits per heavy atom. The van der Waals surface area contributed by atoms with Crippen molar-refractivity contribution in [1.29, 1.82) is 0 Å². The highest BCUT2D eigenvalue weighted by atomic mass is 16.3. The molecule has 1 N–H and O–H groups in total. The zero-order valence-electron chi connectivity index (χ0n) is 17.3. The number of pyridine rings is 1. The number of nitrogens with zero attached hydrogens (tertiary/aromatic N) is 6. The Labute approximate surface area is 183 Å². The lowest BCUT2D eigenvalue weighted by atomic mass is 9.91. The monoisotopic (exact) mass is 430 g/mol. The molecule has 0 aliphatic carbocycles. The molecule has 1 aliphatic heterocycles. The lowest BCUT2D eigenvalue weighted by Crippen LogP contribution is -2.49. The number of rotatable bonds is 4. The van der Waals surface area contributed by atoms with Gasteiger partial charge < -0.3 is 10.0 Å². The fraction of sp³-hybridized carbons (Fsp3) is 0.261. The molecule has 32 heavy (non-hydrogen) atoms. The zero-order valence-corrected chi connectivity index (χ0v) is 17.3. The topological polar surface area (TPSA) is 106 Å². The molecule has 4 heterocycles. The largest absolute Gasteiger partial charge is 0.388 e. The van der Waals surface area contributed by atoms with Gasteiger partial charge in [0.1, 0.15) is 11.7 Å². The van der Waals surface area contributed by atoms with E-state index < -0.39 is 5.60 Å². The molecule has 0 unspecified atom stereocenters. The normalized spacial score (nSPS) is 15.7. The molecule has 162 valence electrons. The molecule has 1 amide bonds. The van der Waals surface area contributed by atoms with Crippen LogP contribution in [0.4, 0.5) is 0 Å². The molecule has 5 rings (SSSR count). The number of aliphatic hydroxyl groups is 1. The third-order valence-electron chi connectivity index (χ3n) is 5.91. The van der Waals surface area contributed by atoms with Gasteiger partial charge in [0, 0.05) is 25.5 Å². The minimum atomic E-state index is -1.10. The minimum Gasteiger partial charge on any atom is -0.388 e. The molecule has 1 aliphatic rings. The van der Waals surface area contributed by atoms with Gasteiger partial charge in [-0.15, -0.1) is 0 Å². The van der Waals surface area contributed by atoms with E-state index in [9.17, 15) is 14.7 Å². The number of fused-ring (bicyclic) bond motifs is 1. The second-order valence-electron chi connectivity index (χ2n) is 8.07. The molecule has 0 atom stereocenters. The fourth-order valence-corrected chi connectivity index (χ4v) is 4.09. The average Bonchev–Trinajstić information content (AvgIpc) is 3.27. The molecular weight excluding hydrogens is 408 g/mol. The van der Waals surface area contributed by atoms with Crippen molar-refractivity contribution < 1.29 is 9.90 Å².